The van der Waals surface area contributed by atoms with Gasteiger partial charge in [-0.1, -0.05) is 0 Å². The van der Waals surface area contributed by atoms with Gasteiger partial charge in [0.1, 0.15) is 6.26 Å². The van der Waals surface area contributed by atoms with E-state index >= 15 is 0 Å². The first kappa shape index (κ1) is 12.3. The summed E-state index contributed by atoms with van der Waals surface area (Å²) in [5.74, 6) is 0. The van der Waals surface area contributed by atoms with Crippen molar-refractivity contribution in [1.29, 1.82) is 0 Å². The van der Waals surface area contributed by atoms with Crippen molar-refractivity contribution < 1.29 is 4.84 Å². The van der Waals surface area contributed by atoms with Crippen LogP contribution in [-0.4, -0.2) is 18.2 Å². The van der Waals surface area contributed by atoms with Crippen LogP contribution >= 0.6 is 11.3 Å². The van der Waals surface area contributed by atoms with Gasteiger partial charge in [-0.3, -0.25) is 0 Å². The lowest BCUT2D eigenvalue weighted by atomic mass is 10.2. The van der Waals surface area contributed by atoms with E-state index in [4.69, 9.17) is 4.84 Å². The summed E-state index contributed by atoms with van der Waals surface area (Å²) in [5, 5.41) is 3.94. The largest absolute Gasteiger partial charge is 0.413 e. The van der Waals surface area contributed by atoms with Crippen LogP contribution in [0.1, 0.15) is 24.3 Å². The minimum absolute atomic E-state index is 0.454. The third-order valence-electron chi connectivity index (χ3n) is 2.73. The minimum Gasteiger partial charge on any atom is -0.413 e. The van der Waals surface area contributed by atoms with Gasteiger partial charge in [0.15, 0.2) is 0 Å². The number of aryl methyl sites for hydroxylation is 2. The fraction of sp³-hybridized carbons (Fsp3) is 0.500. The van der Waals surface area contributed by atoms with Crippen molar-refractivity contribution in [2.45, 2.75) is 33.7 Å². The first-order valence-corrected chi connectivity index (χ1v) is 5.97. The van der Waals surface area contributed by atoms with Gasteiger partial charge < -0.3 is 4.84 Å². The van der Waals surface area contributed by atoms with Gasteiger partial charge in [0, 0.05) is 11.9 Å². The molecule has 1 unspecified atom stereocenters. The van der Waals surface area contributed by atoms with E-state index in [9.17, 15) is 0 Å². The van der Waals surface area contributed by atoms with Gasteiger partial charge in [-0.2, -0.15) is 0 Å². The summed E-state index contributed by atoms with van der Waals surface area (Å²) >= 11 is 1.80. The third kappa shape index (κ3) is 3.36. The van der Waals surface area contributed by atoms with Crippen molar-refractivity contribution in [2.75, 3.05) is 7.05 Å². The summed E-state index contributed by atoms with van der Waals surface area (Å²) in [5.41, 5.74) is 2.69. The molecule has 0 saturated heterocycles. The van der Waals surface area contributed by atoms with Gasteiger partial charge in [0.25, 0.3) is 0 Å². The van der Waals surface area contributed by atoms with Crippen molar-refractivity contribution in [3.05, 3.63) is 33.7 Å². The molecule has 0 saturated carbocycles. The van der Waals surface area contributed by atoms with Crippen molar-refractivity contribution >= 4 is 11.3 Å². The molecule has 0 bridgehead atoms. The van der Waals surface area contributed by atoms with Crippen LogP contribution in [0.4, 0.5) is 0 Å². The molecule has 1 atom stereocenters. The van der Waals surface area contributed by atoms with E-state index in [-0.39, 0.29) is 0 Å². The molecule has 0 aromatic carbocycles. The molecule has 2 heterocycles. The Kier molecular flexibility index (Phi) is 4.36. The molecule has 0 fully saturated rings. The smallest absolute Gasteiger partial charge is 0.112 e. The Morgan fingerprint density at radius 1 is 1.33 bits per heavy atom. The van der Waals surface area contributed by atoms with Crippen LogP contribution in [0.25, 0.3) is 0 Å². The summed E-state index contributed by atoms with van der Waals surface area (Å²) in [6.45, 7) is 8.44. The number of nitrogens with zero attached hydrogens (tertiary/aromatic N) is 1. The summed E-state index contributed by atoms with van der Waals surface area (Å²) < 4.78 is 0. The van der Waals surface area contributed by atoms with E-state index in [1.165, 1.54) is 16.0 Å². The van der Waals surface area contributed by atoms with Gasteiger partial charge in [-0.15, -0.1) is 16.4 Å². The fourth-order valence-electron chi connectivity index (χ4n) is 1.09. The highest BCUT2D eigenvalue weighted by atomic mass is 32.1. The lowest BCUT2D eigenvalue weighted by Gasteiger charge is -2.13. The Bertz CT molecular complexity index is 327. The second kappa shape index (κ2) is 5.33. The molecule has 0 spiro atoms. The van der Waals surface area contributed by atoms with Gasteiger partial charge >= 0.3 is 0 Å². The number of hydrogen-bond donors (Lipinski definition) is 0. The first-order valence-electron chi connectivity index (χ1n) is 5.09. The number of likely N-dealkylation sites (N-methyl/N-ethyl adjacent to an activating group) is 1. The molecule has 1 aromatic heterocycles. The normalized spacial score (nSPS) is 20.3. The van der Waals surface area contributed by atoms with Crippen LogP contribution in [0.3, 0.4) is 0 Å². The molecule has 2 rings (SSSR count). The summed E-state index contributed by atoms with van der Waals surface area (Å²) in [4.78, 5) is 6.48. The van der Waals surface area contributed by atoms with E-state index in [2.05, 4.69) is 39.1 Å². The van der Waals surface area contributed by atoms with Crippen molar-refractivity contribution in [1.82, 2.24) is 5.06 Å². The standard InChI is InChI=1S/C6H11NO.C6H8S/c1-5-4-8-7(3)6(5)2;1-5-3-4-7-6(5)2/h4,6H,1-3H3;3-4H,1-2H3. The highest BCUT2D eigenvalue weighted by Gasteiger charge is 2.16. The molecule has 84 valence electrons. The van der Waals surface area contributed by atoms with Crippen molar-refractivity contribution in [2.24, 2.45) is 0 Å². The Morgan fingerprint density at radius 2 is 2.00 bits per heavy atom. The molecule has 0 aliphatic carbocycles. The Hall–Kier alpha value is -0.800. The first-order chi connectivity index (χ1) is 7.02. The zero-order chi connectivity index (χ0) is 11.4. The predicted octanol–water partition coefficient (Wildman–Crippen LogP) is 3.52. The van der Waals surface area contributed by atoms with Crippen LogP contribution in [0.5, 0.6) is 0 Å². The van der Waals surface area contributed by atoms with E-state index in [0.29, 0.717) is 6.04 Å². The molecule has 0 N–H and O–H groups in total. The molecule has 1 aromatic rings. The highest BCUT2D eigenvalue weighted by Crippen LogP contribution is 2.15. The number of hydrogen-bond acceptors (Lipinski definition) is 3. The lowest BCUT2D eigenvalue weighted by molar-refractivity contribution is -0.0748. The van der Waals surface area contributed by atoms with Gasteiger partial charge in [0.2, 0.25) is 0 Å². The second-order valence-corrected chi connectivity index (χ2v) is 4.97. The topological polar surface area (TPSA) is 12.5 Å². The predicted molar refractivity (Wildman–Crippen MR) is 65.9 cm³/mol. The summed E-state index contributed by atoms with van der Waals surface area (Å²) in [6, 6.07) is 2.59. The Labute approximate surface area is 96.1 Å². The molecule has 15 heavy (non-hydrogen) atoms. The van der Waals surface area contributed by atoms with Crippen LogP contribution in [0, 0.1) is 13.8 Å². The Morgan fingerprint density at radius 3 is 2.13 bits per heavy atom. The Balaban J connectivity index is 0.000000151. The molecular weight excluding hydrogens is 206 g/mol. The monoisotopic (exact) mass is 225 g/mol. The maximum atomic E-state index is 5.05. The van der Waals surface area contributed by atoms with E-state index in [0.717, 1.165) is 0 Å². The average molecular weight is 225 g/mol. The zero-order valence-corrected chi connectivity index (χ0v) is 10.9. The number of thiophene rings is 1. The van der Waals surface area contributed by atoms with Crippen molar-refractivity contribution in [3.63, 3.8) is 0 Å². The van der Waals surface area contributed by atoms with Crippen LogP contribution in [0.15, 0.2) is 23.3 Å². The van der Waals surface area contributed by atoms with Gasteiger partial charge in [-0.05, 0) is 50.3 Å². The minimum atomic E-state index is 0.454. The van der Waals surface area contributed by atoms with Crippen LogP contribution < -0.4 is 0 Å². The quantitative estimate of drug-likeness (QED) is 0.670. The van der Waals surface area contributed by atoms with Gasteiger partial charge in [-0.25, -0.2) is 0 Å². The molecule has 1 aliphatic heterocycles. The van der Waals surface area contributed by atoms with E-state index in [1.54, 1.807) is 17.6 Å². The van der Waals surface area contributed by atoms with Gasteiger partial charge in [0.05, 0.1) is 6.04 Å². The SMILES string of the molecule is CC1=CON(C)C1C.Cc1ccsc1C. The molecule has 1 aliphatic rings. The molecule has 3 heteroatoms. The molecule has 0 radical (unpaired) electrons. The fourth-order valence-corrected chi connectivity index (χ4v) is 1.82. The summed E-state index contributed by atoms with van der Waals surface area (Å²) in [6.07, 6.45) is 1.78. The molecular formula is C12H19NOS. The van der Waals surface area contributed by atoms with Crippen molar-refractivity contribution in [3.8, 4) is 0 Å². The third-order valence-corrected chi connectivity index (χ3v) is 3.68. The lowest BCUT2D eigenvalue weighted by Crippen LogP contribution is -2.22. The molecule has 0 amide bonds. The maximum absolute atomic E-state index is 5.05. The second-order valence-electron chi connectivity index (χ2n) is 3.85. The highest BCUT2D eigenvalue weighted by molar-refractivity contribution is 7.10. The zero-order valence-electron chi connectivity index (χ0n) is 10.1. The van der Waals surface area contributed by atoms with E-state index in [1.807, 2.05) is 12.1 Å². The number of hydroxylamine groups is 2. The van der Waals surface area contributed by atoms with E-state index < -0.39 is 0 Å². The number of rotatable bonds is 0. The van der Waals surface area contributed by atoms with Crippen LogP contribution in [-0.2, 0) is 4.84 Å². The van der Waals surface area contributed by atoms with Crippen LogP contribution in [0.2, 0.25) is 0 Å². The average Bonchev–Trinajstić information content (AvgIpc) is 2.70. The summed E-state index contributed by atoms with van der Waals surface area (Å²) in [7, 11) is 1.93. The maximum Gasteiger partial charge on any atom is 0.112 e. The molecule has 2 nitrogen and oxygen atoms in total.